The molecule has 0 saturated heterocycles. The third kappa shape index (κ3) is 3.10. The largest absolute Gasteiger partial charge is 0.388 e. The minimum atomic E-state index is -0.384. The van der Waals surface area contributed by atoms with Crippen molar-refractivity contribution in [2.24, 2.45) is 5.73 Å². The topological polar surface area (TPSA) is 46.2 Å². The van der Waals surface area contributed by atoms with E-state index < -0.39 is 0 Å². The Morgan fingerprint density at radius 1 is 1.54 bits per heavy atom. The molecule has 1 rings (SSSR count). The first-order chi connectivity index (χ1) is 6.13. The first-order valence-corrected chi connectivity index (χ1v) is 5.47. The Morgan fingerprint density at radius 2 is 2.23 bits per heavy atom. The number of hydrogen-bond acceptors (Lipinski definition) is 3. The van der Waals surface area contributed by atoms with E-state index in [0.29, 0.717) is 6.42 Å². The molecule has 74 valence electrons. The van der Waals surface area contributed by atoms with Crippen molar-refractivity contribution in [1.29, 1.82) is 0 Å². The fourth-order valence-corrected chi connectivity index (χ4v) is 2.18. The maximum Gasteiger partial charge on any atom is 0.0896 e. The highest BCUT2D eigenvalue weighted by Gasteiger charge is 2.11. The molecule has 2 atom stereocenters. The van der Waals surface area contributed by atoms with Gasteiger partial charge in [-0.2, -0.15) is 0 Å². The first-order valence-electron chi connectivity index (χ1n) is 4.65. The molecule has 0 aromatic carbocycles. The van der Waals surface area contributed by atoms with Crippen LogP contribution in [0.15, 0.2) is 12.1 Å². The Bertz CT molecular complexity index is 257. The lowest BCUT2D eigenvalue weighted by Gasteiger charge is -2.10. The molecule has 1 unspecified atom stereocenters. The summed E-state index contributed by atoms with van der Waals surface area (Å²) in [5.74, 6) is 0. The monoisotopic (exact) mass is 199 g/mol. The average Bonchev–Trinajstić information content (AvgIpc) is 2.50. The zero-order chi connectivity index (χ0) is 9.84. The van der Waals surface area contributed by atoms with Gasteiger partial charge in [-0.25, -0.2) is 0 Å². The van der Waals surface area contributed by atoms with Crippen LogP contribution in [0.3, 0.4) is 0 Å². The van der Waals surface area contributed by atoms with E-state index in [4.69, 9.17) is 5.73 Å². The molecular formula is C10H17NOS. The molecule has 0 aliphatic rings. The van der Waals surface area contributed by atoms with Crippen LogP contribution in [0.1, 0.15) is 36.1 Å². The molecule has 3 N–H and O–H groups in total. The van der Waals surface area contributed by atoms with E-state index in [1.165, 1.54) is 4.88 Å². The summed E-state index contributed by atoms with van der Waals surface area (Å²) in [7, 11) is 0. The van der Waals surface area contributed by atoms with E-state index in [2.05, 4.69) is 13.0 Å². The number of thiophene rings is 1. The van der Waals surface area contributed by atoms with Crippen LogP contribution in [-0.2, 0) is 6.42 Å². The Labute approximate surface area is 83.4 Å². The van der Waals surface area contributed by atoms with Crippen molar-refractivity contribution in [1.82, 2.24) is 0 Å². The van der Waals surface area contributed by atoms with Crippen molar-refractivity contribution >= 4 is 11.3 Å². The number of hydrogen-bond donors (Lipinski definition) is 2. The van der Waals surface area contributed by atoms with Gasteiger partial charge >= 0.3 is 0 Å². The molecule has 3 heteroatoms. The van der Waals surface area contributed by atoms with Gasteiger partial charge in [-0.15, -0.1) is 11.3 Å². The number of aliphatic hydroxyl groups is 1. The lowest BCUT2D eigenvalue weighted by molar-refractivity contribution is 0.164. The van der Waals surface area contributed by atoms with Crippen LogP contribution in [0.2, 0.25) is 0 Å². The molecule has 0 saturated carbocycles. The van der Waals surface area contributed by atoms with Gasteiger partial charge in [0.2, 0.25) is 0 Å². The maximum atomic E-state index is 9.73. The van der Waals surface area contributed by atoms with Crippen LogP contribution in [0.5, 0.6) is 0 Å². The highest BCUT2D eigenvalue weighted by atomic mass is 32.1. The number of rotatable bonds is 4. The summed E-state index contributed by atoms with van der Waals surface area (Å²) in [4.78, 5) is 2.35. The summed E-state index contributed by atoms with van der Waals surface area (Å²) in [6.45, 7) is 4.03. The number of aryl methyl sites for hydroxylation is 1. The summed E-state index contributed by atoms with van der Waals surface area (Å²) in [5, 5.41) is 9.73. The normalized spacial score (nSPS) is 15.7. The zero-order valence-corrected chi connectivity index (χ0v) is 8.97. The SMILES string of the molecule is CCc1ccc(C(O)C[C@H](C)N)s1. The Hall–Kier alpha value is -0.380. The molecule has 0 radical (unpaired) electrons. The van der Waals surface area contributed by atoms with Gasteiger partial charge in [-0.05, 0) is 31.9 Å². The summed E-state index contributed by atoms with van der Waals surface area (Å²) >= 11 is 1.68. The average molecular weight is 199 g/mol. The molecule has 0 fully saturated rings. The molecule has 0 bridgehead atoms. The van der Waals surface area contributed by atoms with Gasteiger partial charge in [0.25, 0.3) is 0 Å². The summed E-state index contributed by atoms with van der Waals surface area (Å²) in [6, 6.07) is 4.13. The van der Waals surface area contributed by atoms with Crippen LogP contribution in [0, 0.1) is 0 Å². The quantitative estimate of drug-likeness (QED) is 0.780. The predicted molar refractivity (Wildman–Crippen MR) is 56.9 cm³/mol. The van der Waals surface area contributed by atoms with Gasteiger partial charge in [-0.3, -0.25) is 0 Å². The molecule has 0 aliphatic carbocycles. The van der Waals surface area contributed by atoms with E-state index in [9.17, 15) is 5.11 Å². The Morgan fingerprint density at radius 3 is 2.69 bits per heavy atom. The molecule has 0 aliphatic heterocycles. The van der Waals surface area contributed by atoms with Crippen LogP contribution < -0.4 is 5.73 Å². The second-order valence-corrected chi connectivity index (χ2v) is 4.59. The van der Waals surface area contributed by atoms with Gasteiger partial charge in [0.05, 0.1) is 6.10 Å². The van der Waals surface area contributed by atoms with Crippen molar-refractivity contribution < 1.29 is 5.11 Å². The molecule has 0 amide bonds. The minimum Gasteiger partial charge on any atom is -0.388 e. The van der Waals surface area contributed by atoms with Gasteiger partial charge in [0.15, 0.2) is 0 Å². The lowest BCUT2D eigenvalue weighted by atomic mass is 10.1. The van der Waals surface area contributed by atoms with Crippen molar-refractivity contribution in [3.8, 4) is 0 Å². The molecule has 1 aromatic rings. The van der Waals surface area contributed by atoms with E-state index >= 15 is 0 Å². The minimum absolute atomic E-state index is 0.0576. The molecular weight excluding hydrogens is 182 g/mol. The Kier molecular flexibility index (Phi) is 3.90. The smallest absolute Gasteiger partial charge is 0.0896 e. The molecule has 13 heavy (non-hydrogen) atoms. The summed E-state index contributed by atoms with van der Waals surface area (Å²) < 4.78 is 0. The number of nitrogens with two attached hydrogens (primary N) is 1. The van der Waals surface area contributed by atoms with Crippen molar-refractivity contribution in [2.45, 2.75) is 38.8 Å². The van der Waals surface area contributed by atoms with E-state index in [0.717, 1.165) is 11.3 Å². The van der Waals surface area contributed by atoms with E-state index in [1.807, 2.05) is 13.0 Å². The highest BCUT2D eigenvalue weighted by Crippen LogP contribution is 2.26. The molecule has 1 aromatic heterocycles. The van der Waals surface area contributed by atoms with Crippen molar-refractivity contribution in [3.05, 3.63) is 21.9 Å². The van der Waals surface area contributed by atoms with Crippen LogP contribution in [-0.4, -0.2) is 11.1 Å². The fraction of sp³-hybridized carbons (Fsp3) is 0.600. The number of aliphatic hydroxyl groups excluding tert-OH is 1. The molecule has 0 spiro atoms. The summed E-state index contributed by atoms with van der Waals surface area (Å²) in [6.07, 6.45) is 1.30. The molecule has 2 nitrogen and oxygen atoms in total. The van der Waals surface area contributed by atoms with Gasteiger partial charge in [0.1, 0.15) is 0 Å². The third-order valence-corrected chi connectivity index (χ3v) is 3.29. The maximum absolute atomic E-state index is 9.73. The predicted octanol–water partition coefficient (Wildman–Crippen LogP) is 2.08. The van der Waals surface area contributed by atoms with Crippen LogP contribution >= 0.6 is 11.3 Å². The second-order valence-electron chi connectivity index (χ2n) is 3.39. The summed E-state index contributed by atoms with van der Waals surface area (Å²) in [5.41, 5.74) is 5.61. The van der Waals surface area contributed by atoms with Crippen LogP contribution in [0.25, 0.3) is 0 Å². The molecule has 1 heterocycles. The van der Waals surface area contributed by atoms with Crippen molar-refractivity contribution in [3.63, 3.8) is 0 Å². The standard InChI is InChI=1S/C10H17NOS/c1-3-8-4-5-10(13-8)9(12)6-7(2)11/h4-5,7,9,12H,3,6,11H2,1-2H3/t7-,9?/m0/s1. The second kappa shape index (κ2) is 4.74. The third-order valence-electron chi connectivity index (χ3n) is 1.95. The zero-order valence-electron chi connectivity index (χ0n) is 8.16. The van der Waals surface area contributed by atoms with E-state index in [1.54, 1.807) is 11.3 Å². The van der Waals surface area contributed by atoms with Gasteiger partial charge in [0, 0.05) is 15.8 Å². The van der Waals surface area contributed by atoms with Gasteiger partial charge in [-0.1, -0.05) is 6.92 Å². The highest BCUT2D eigenvalue weighted by molar-refractivity contribution is 7.12. The fourth-order valence-electron chi connectivity index (χ4n) is 1.23. The van der Waals surface area contributed by atoms with Gasteiger partial charge < -0.3 is 10.8 Å². The van der Waals surface area contributed by atoms with Crippen LogP contribution in [0.4, 0.5) is 0 Å². The Balaban J connectivity index is 2.60. The lowest BCUT2D eigenvalue weighted by Crippen LogP contribution is -2.18. The first kappa shape index (κ1) is 10.7. The van der Waals surface area contributed by atoms with E-state index in [-0.39, 0.29) is 12.1 Å². The van der Waals surface area contributed by atoms with Crippen molar-refractivity contribution in [2.75, 3.05) is 0 Å².